The second kappa shape index (κ2) is 178. The Bertz CT molecular complexity index is 431. The molecule has 173 valence electrons. The Balaban J connectivity index is -0.00000000192. The average molecular weight is 3130 g/mol. The van der Waals surface area contributed by atoms with E-state index in [1.165, 1.54) is 7.11 Å². The van der Waals surface area contributed by atoms with Gasteiger partial charge >= 0.3 is 0 Å². The fourth-order valence-electron chi connectivity index (χ4n) is 1.05. The van der Waals surface area contributed by atoms with Gasteiger partial charge in [-0.1, -0.05) is 0 Å². The van der Waals surface area contributed by atoms with Gasteiger partial charge in [0.15, 0.2) is 17.9 Å². The predicted octanol–water partition coefficient (Wildman–Crippen LogP) is 1.76. The zero-order chi connectivity index (χ0) is 10.7. The van der Waals surface area contributed by atoms with Crippen molar-refractivity contribution in [2.45, 2.75) is 0 Å². The van der Waals surface area contributed by atoms with Gasteiger partial charge in [0.25, 0.3) is 0 Å². The first kappa shape index (κ1) is 225. The molecule has 1 aromatic rings. The van der Waals surface area contributed by atoms with Crippen molar-refractivity contribution in [1.29, 1.82) is 0 Å². The molecular formula is C9H7FNO3Y33-. The van der Waals surface area contributed by atoms with Gasteiger partial charge in [-0.15, -0.1) is 0 Å². The molecule has 0 saturated carbocycles. The zero-order valence-electron chi connectivity index (χ0n) is 26.4. The topological polar surface area (TPSA) is 67.2 Å². The van der Waals surface area contributed by atoms with Crippen LogP contribution in [-0.4, -0.2) is 19.3 Å². The first-order chi connectivity index (χ1) is 6.60. The van der Waals surface area contributed by atoms with Crippen LogP contribution in [-0.2, 0) is 1080 Å². The largest absolute Gasteiger partial charge is 0.664 e. The van der Waals surface area contributed by atoms with E-state index < -0.39 is 11.7 Å². The maximum absolute atomic E-state index is 13.1. The Kier molecular flexibility index (Phi) is 849. The van der Waals surface area contributed by atoms with E-state index in [1.807, 2.05) is 0 Å². The molecule has 33 radical (unpaired) electrons. The molecule has 0 aliphatic carbocycles. The molecule has 38 heteroatoms. The van der Waals surface area contributed by atoms with E-state index in [9.17, 15) is 14.0 Å². The minimum absolute atomic E-state index is 0. The van der Waals surface area contributed by atoms with Crippen molar-refractivity contribution in [1.82, 2.24) is 0 Å². The van der Waals surface area contributed by atoms with Crippen molar-refractivity contribution in [2.24, 2.45) is 0 Å². The molecule has 0 aliphatic rings. The summed E-state index contributed by atoms with van der Waals surface area (Å²) in [5.74, 6) is -2.09. The second-order valence-corrected chi connectivity index (χ2v) is 2.53. The molecule has 0 unspecified atom stereocenters. The van der Waals surface area contributed by atoms with E-state index in [4.69, 9.17) is 5.73 Å². The van der Waals surface area contributed by atoms with Crippen LogP contribution in [0.25, 0.3) is 5.73 Å². The first-order valence-corrected chi connectivity index (χ1v) is 3.68. The number of halogens is 1. The van der Waals surface area contributed by atoms with Gasteiger partial charge < -0.3 is 15.3 Å². The SMILES string of the molecule is COc1c(F)cc(C([NH-])=O)cc1C=O.[Y].[Y].[Y].[Y].[Y].[Y].[Y].[Y].[Y].[Y].[Y].[Y].[Y].[Y].[Y].[Y].[Y].[Y].[Y].[Y].[Y].[Y].[Y].[Y].[Y].[Y].[Y].[Y].[Y].[Y].[Y].[Y].[Y]. The quantitative estimate of drug-likeness (QED) is 0.435. The van der Waals surface area contributed by atoms with Crippen LogP contribution in [0.3, 0.4) is 0 Å². The van der Waals surface area contributed by atoms with Gasteiger partial charge in [-0.25, -0.2) is 4.39 Å². The van der Waals surface area contributed by atoms with Gasteiger partial charge in [0, 0.05) is 1080 Å². The standard InChI is InChI=1S/C9H8FNO3.33Y/c1-14-8-6(4-12)2-5(9(11)13)3-7(8)10;;;;;;;;;;;;;;;;;;;;;;;;;;;;;;;;;/h2-4H,1H3,(H2,11,13);;;;;;;;;;;;;;;;;;;;;;;;;;;;;;;;;/p-1. The Labute approximate surface area is 1120 Å². The molecule has 1 rings (SSSR count). The van der Waals surface area contributed by atoms with Crippen molar-refractivity contribution in [3.63, 3.8) is 0 Å². The number of ether oxygens (including phenoxy) is 1. The summed E-state index contributed by atoms with van der Waals surface area (Å²) in [4.78, 5) is 21.1. The van der Waals surface area contributed by atoms with Crippen molar-refractivity contribution in [3.8, 4) is 5.75 Å². The van der Waals surface area contributed by atoms with Crippen LogP contribution in [0.15, 0.2) is 12.1 Å². The number of benzene rings is 1. The smallest absolute Gasteiger partial charge is 0.166 e. The van der Waals surface area contributed by atoms with E-state index in [-0.39, 0.29) is 1100 Å². The molecule has 0 bridgehead atoms. The van der Waals surface area contributed by atoms with E-state index in [2.05, 4.69) is 4.74 Å². The van der Waals surface area contributed by atoms with Crippen LogP contribution in [0.2, 0.25) is 0 Å². The Morgan fingerprint density at radius 3 is 0.809 bits per heavy atom. The number of nitrogens with one attached hydrogen (secondary N) is 1. The monoisotopic (exact) mass is 3130 g/mol. The van der Waals surface area contributed by atoms with Crippen molar-refractivity contribution in [2.75, 3.05) is 7.11 Å². The van der Waals surface area contributed by atoms with Crippen LogP contribution in [0, 0.1) is 5.82 Å². The molecule has 0 saturated heterocycles. The van der Waals surface area contributed by atoms with Crippen LogP contribution in [0.5, 0.6) is 5.75 Å². The molecule has 4 nitrogen and oxygen atoms in total. The Morgan fingerprint density at radius 1 is 0.489 bits per heavy atom. The zero-order valence-corrected chi connectivity index (χ0v) is 120. The molecule has 0 atom stereocenters. The maximum atomic E-state index is 13.1. The van der Waals surface area contributed by atoms with E-state index in [0.717, 1.165) is 12.1 Å². The van der Waals surface area contributed by atoms with Gasteiger partial charge in [0.05, 0.1) is 18.6 Å². The van der Waals surface area contributed by atoms with Gasteiger partial charge in [-0.2, -0.15) is 0 Å². The second-order valence-electron chi connectivity index (χ2n) is 2.53. The van der Waals surface area contributed by atoms with E-state index in [1.54, 1.807) is 0 Å². The number of hydrogen-bond acceptors (Lipinski definition) is 3. The number of methoxy groups -OCH3 is 1. The first-order valence-electron chi connectivity index (χ1n) is 3.68. The molecule has 1 aromatic carbocycles. The third kappa shape index (κ3) is 145. The van der Waals surface area contributed by atoms with E-state index in [0.29, 0.717) is 6.29 Å². The number of hydrogen-bond donors (Lipinski definition) is 0. The minimum atomic E-state index is -1.05. The molecule has 0 aliphatic heterocycles. The summed E-state index contributed by atoms with van der Waals surface area (Å²) in [6, 6.07) is 1.98. The number of rotatable bonds is 3. The van der Waals surface area contributed by atoms with Crippen molar-refractivity contribution < 1.29 is 1100 Å². The third-order valence-corrected chi connectivity index (χ3v) is 1.67. The van der Waals surface area contributed by atoms with Crippen molar-refractivity contribution in [3.05, 3.63) is 34.8 Å². The molecule has 1 amide bonds. The minimum Gasteiger partial charge on any atom is -0.664 e. The molecular weight excluding hydrogens is 3120 g/mol. The number of amides is 1. The molecule has 0 aromatic heterocycles. The molecule has 1 N–H and O–H groups in total. The van der Waals surface area contributed by atoms with E-state index >= 15 is 0 Å². The Morgan fingerprint density at radius 2 is 0.681 bits per heavy atom. The number of aldehydes is 1. The summed E-state index contributed by atoms with van der Waals surface area (Å²) in [7, 11) is 1.22. The molecule has 0 heterocycles. The summed E-state index contributed by atoms with van der Waals surface area (Å²) in [6.07, 6.45) is 0.369. The summed E-state index contributed by atoms with van der Waals surface area (Å²) < 4.78 is 17.8. The Hall–Kier alpha value is 34.5. The predicted molar refractivity (Wildman–Crippen MR) is 47.0 cm³/mol. The van der Waals surface area contributed by atoms with Crippen LogP contribution in [0.4, 0.5) is 4.39 Å². The normalized spacial score (nSPS) is 2.85. The van der Waals surface area contributed by atoms with Crippen LogP contribution in [0.1, 0.15) is 20.7 Å². The van der Waals surface area contributed by atoms with Crippen LogP contribution < -0.4 is 4.74 Å². The van der Waals surface area contributed by atoms with Gasteiger partial charge in [-0.05, 0) is 12.1 Å². The summed E-state index contributed by atoms with van der Waals surface area (Å²) in [5.41, 5.74) is 6.50. The maximum Gasteiger partial charge on any atom is 0.166 e. The third-order valence-electron chi connectivity index (χ3n) is 1.67. The fourth-order valence-corrected chi connectivity index (χ4v) is 1.05. The van der Waals surface area contributed by atoms with Crippen molar-refractivity contribution >= 4 is 12.2 Å². The van der Waals surface area contributed by atoms with Crippen LogP contribution >= 0.6 is 0 Å². The summed E-state index contributed by atoms with van der Waals surface area (Å²) in [5, 5.41) is 0. The fraction of sp³-hybridized carbons (Fsp3) is 0.111. The summed E-state index contributed by atoms with van der Waals surface area (Å²) >= 11 is 0. The van der Waals surface area contributed by atoms with Gasteiger partial charge in [0.2, 0.25) is 0 Å². The molecule has 0 fully saturated rings. The summed E-state index contributed by atoms with van der Waals surface area (Å²) in [6.45, 7) is 0. The average Bonchev–Trinajstić information content (AvgIpc) is 2.16. The van der Waals surface area contributed by atoms with Gasteiger partial charge in [0.1, 0.15) is 0 Å². The number of carbonyl (C=O) groups is 2. The number of carbonyl (C=O) groups excluding carboxylic acids is 2. The molecule has 0 spiro atoms. The molecule has 47 heavy (non-hydrogen) atoms. The van der Waals surface area contributed by atoms with Gasteiger partial charge in [-0.3, -0.25) is 4.79 Å².